The van der Waals surface area contributed by atoms with Gasteiger partial charge in [-0.25, -0.2) is 8.78 Å². The maximum absolute atomic E-state index is 13.4. The minimum atomic E-state index is -0.230. The van der Waals surface area contributed by atoms with Crippen molar-refractivity contribution in [1.29, 1.82) is 0 Å². The molecule has 0 aromatic heterocycles. The summed E-state index contributed by atoms with van der Waals surface area (Å²) in [6.07, 6.45) is 5.13. The lowest BCUT2D eigenvalue weighted by Gasteiger charge is -2.39. The van der Waals surface area contributed by atoms with Crippen LogP contribution in [0.4, 0.5) is 8.78 Å². The molecule has 2 atom stereocenters. The molecule has 0 amide bonds. The zero-order chi connectivity index (χ0) is 19.0. The third kappa shape index (κ3) is 3.92. The summed E-state index contributed by atoms with van der Waals surface area (Å²) in [7, 11) is 4.40. The Labute approximate surface area is 160 Å². The standard InChI is InChI=1S/C23H28F2N2/c1-26(15-16-13-21-11-12-22(14-16)27(21)2)23(17-3-7-19(24)8-4-17)18-5-9-20(25)10-6-18/h3-10,16,21-23H,11-15H2,1-2H3. The Morgan fingerprint density at radius 1 is 0.889 bits per heavy atom. The third-order valence-electron chi connectivity index (χ3n) is 6.55. The fourth-order valence-corrected chi connectivity index (χ4v) is 5.18. The average molecular weight is 370 g/mol. The van der Waals surface area contributed by atoms with E-state index < -0.39 is 0 Å². The van der Waals surface area contributed by atoms with Crippen LogP contribution in [-0.2, 0) is 0 Å². The summed E-state index contributed by atoms with van der Waals surface area (Å²) in [4.78, 5) is 4.92. The molecule has 2 fully saturated rings. The van der Waals surface area contributed by atoms with Crippen LogP contribution in [0.25, 0.3) is 0 Å². The molecule has 4 heteroatoms. The molecule has 0 N–H and O–H groups in total. The topological polar surface area (TPSA) is 6.48 Å². The predicted octanol–water partition coefficient (Wildman–Crippen LogP) is 4.86. The van der Waals surface area contributed by atoms with Crippen LogP contribution in [0.3, 0.4) is 0 Å². The quantitative estimate of drug-likeness (QED) is 0.742. The summed E-state index contributed by atoms with van der Waals surface area (Å²) in [5, 5.41) is 0. The molecule has 2 heterocycles. The second-order valence-corrected chi connectivity index (χ2v) is 8.33. The third-order valence-corrected chi connectivity index (χ3v) is 6.55. The molecule has 2 bridgehead atoms. The first-order valence-electron chi connectivity index (χ1n) is 9.94. The van der Waals surface area contributed by atoms with E-state index in [2.05, 4.69) is 23.9 Å². The fraction of sp³-hybridized carbons (Fsp3) is 0.478. The average Bonchev–Trinajstić information content (AvgIpc) is 2.86. The molecular formula is C23H28F2N2. The summed E-state index contributed by atoms with van der Waals surface area (Å²) in [5.74, 6) is 0.212. The van der Waals surface area contributed by atoms with Crippen LogP contribution in [0.1, 0.15) is 42.9 Å². The van der Waals surface area contributed by atoms with E-state index in [0.29, 0.717) is 5.92 Å². The van der Waals surface area contributed by atoms with Gasteiger partial charge in [-0.15, -0.1) is 0 Å². The number of hydrogen-bond donors (Lipinski definition) is 0. The summed E-state index contributed by atoms with van der Waals surface area (Å²) in [5.41, 5.74) is 2.09. The molecule has 0 aliphatic carbocycles. The second kappa shape index (κ2) is 7.69. The highest BCUT2D eigenvalue weighted by atomic mass is 19.1. The Morgan fingerprint density at radius 2 is 1.33 bits per heavy atom. The molecule has 0 saturated carbocycles. The molecule has 2 unspecified atom stereocenters. The lowest BCUT2D eigenvalue weighted by Crippen LogP contribution is -2.43. The van der Waals surface area contributed by atoms with E-state index in [9.17, 15) is 8.78 Å². The smallest absolute Gasteiger partial charge is 0.123 e. The maximum atomic E-state index is 13.4. The van der Waals surface area contributed by atoms with Crippen molar-refractivity contribution in [3.8, 4) is 0 Å². The molecule has 2 aliphatic heterocycles. The summed E-state index contributed by atoms with van der Waals surface area (Å²) in [6.45, 7) is 1.00. The van der Waals surface area contributed by atoms with Gasteiger partial charge in [-0.05, 0) is 81.1 Å². The first-order valence-corrected chi connectivity index (χ1v) is 9.94. The van der Waals surface area contributed by atoms with E-state index in [-0.39, 0.29) is 17.7 Å². The van der Waals surface area contributed by atoms with Crippen molar-refractivity contribution in [1.82, 2.24) is 9.80 Å². The van der Waals surface area contributed by atoms with E-state index in [1.807, 2.05) is 24.3 Å². The Morgan fingerprint density at radius 3 is 1.78 bits per heavy atom. The molecule has 2 nitrogen and oxygen atoms in total. The highest BCUT2D eigenvalue weighted by Crippen LogP contribution is 2.39. The predicted molar refractivity (Wildman–Crippen MR) is 105 cm³/mol. The molecule has 2 saturated heterocycles. The van der Waals surface area contributed by atoms with Crippen molar-refractivity contribution < 1.29 is 8.78 Å². The number of rotatable bonds is 5. The Bertz CT molecular complexity index is 699. The number of benzene rings is 2. The Hall–Kier alpha value is -1.78. The Kier molecular flexibility index (Phi) is 5.29. The van der Waals surface area contributed by atoms with Gasteiger partial charge in [-0.2, -0.15) is 0 Å². The summed E-state index contributed by atoms with van der Waals surface area (Å²) >= 11 is 0. The fourth-order valence-electron chi connectivity index (χ4n) is 5.18. The van der Waals surface area contributed by atoms with E-state index in [1.165, 1.54) is 49.9 Å². The van der Waals surface area contributed by atoms with Crippen molar-refractivity contribution in [3.63, 3.8) is 0 Å². The second-order valence-electron chi connectivity index (χ2n) is 8.33. The Balaban J connectivity index is 1.56. The lowest BCUT2D eigenvalue weighted by molar-refractivity contribution is 0.105. The molecular weight excluding hydrogens is 342 g/mol. The van der Waals surface area contributed by atoms with Crippen LogP contribution >= 0.6 is 0 Å². The molecule has 2 aromatic rings. The zero-order valence-corrected chi connectivity index (χ0v) is 16.1. The normalized spacial score (nSPS) is 25.5. The molecule has 0 spiro atoms. The monoisotopic (exact) mass is 370 g/mol. The SMILES string of the molecule is CN(CC1CC2CCC(C1)N2C)C(c1ccc(F)cc1)c1ccc(F)cc1. The number of piperidine rings is 1. The molecule has 2 aromatic carbocycles. The highest BCUT2D eigenvalue weighted by Gasteiger charge is 2.39. The van der Waals surface area contributed by atoms with Crippen LogP contribution in [0.5, 0.6) is 0 Å². The van der Waals surface area contributed by atoms with E-state index in [4.69, 9.17) is 0 Å². The molecule has 0 radical (unpaired) electrons. The number of fused-ring (bicyclic) bond motifs is 2. The zero-order valence-electron chi connectivity index (χ0n) is 16.1. The van der Waals surface area contributed by atoms with Gasteiger partial charge < -0.3 is 4.90 Å². The molecule has 27 heavy (non-hydrogen) atoms. The van der Waals surface area contributed by atoms with Gasteiger partial charge in [0.05, 0.1) is 6.04 Å². The maximum Gasteiger partial charge on any atom is 0.123 e. The summed E-state index contributed by atoms with van der Waals surface area (Å²) in [6, 6.07) is 14.9. The van der Waals surface area contributed by atoms with Crippen molar-refractivity contribution in [2.45, 2.75) is 43.8 Å². The first-order chi connectivity index (χ1) is 13.0. The molecule has 144 valence electrons. The van der Waals surface area contributed by atoms with Crippen molar-refractivity contribution >= 4 is 0 Å². The van der Waals surface area contributed by atoms with Crippen LogP contribution in [0.2, 0.25) is 0 Å². The minimum Gasteiger partial charge on any atom is -0.300 e. The van der Waals surface area contributed by atoms with Gasteiger partial charge in [0.15, 0.2) is 0 Å². The van der Waals surface area contributed by atoms with Gasteiger partial charge in [0, 0.05) is 18.6 Å². The number of halogens is 2. The van der Waals surface area contributed by atoms with Gasteiger partial charge in [0.1, 0.15) is 11.6 Å². The molecule has 2 aliphatic rings. The van der Waals surface area contributed by atoms with Crippen LogP contribution in [-0.4, -0.2) is 42.5 Å². The van der Waals surface area contributed by atoms with Crippen molar-refractivity contribution in [2.24, 2.45) is 5.92 Å². The lowest BCUT2D eigenvalue weighted by atomic mass is 9.89. The van der Waals surface area contributed by atoms with Gasteiger partial charge in [-0.1, -0.05) is 24.3 Å². The van der Waals surface area contributed by atoms with Gasteiger partial charge in [0.25, 0.3) is 0 Å². The van der Waals surface area contributed by atoms with Crippen LogP contribution < -0.4 is 0 Å². The van der Waals surface area contributed by atoms with Gasteiger partial charge in [-0.3, -0.25) is 4.90 Å². The van der Waals surface area contributed by atoms with Crippen molar-refractivity contribution in [2.75, 3.05) is 20.6 Å². The first kappa shape index (κ1) is 18.6. The number of hydrogen-bond acceptors (Lipinski definition) is 2. The highest BCUT2D eigenvalue weighted by molar-refractivity contribution is 5.32. The van der Waals surface area contributed by atoms with Gasteiger partial charge >= 0.3 is 0 Å². The number of nitrogens with zero attached hydrogens (tertiary/aromatic N) is 2. The van der Waals surface area contributed by atoms with E-state index in [0.717, 1.165) is 29.8 Å². The van der Waals surface area contributed by atoms with Gasteiger partial charge in [0.2, 0.25) is 0 Å². The largest absolute Gasteiger partial charge is 0.300 e. The van der Waals surface area contributed by atoms with Crippen molar-refractivity contribution in [3.05, 3.63) is 71.3 Å². The molecule has 4 rings (SSSR count). The van der Waals surface area contributed by atoms with E-state index in [1.54, 1.807) is 0 Å². The minimum absolute atomic E-state index is 0.00325. The van der Waals surface area contributed by atoms with E-state index >= 15 is 0 Å². The van der Waals surface area contributed by atoms with Crippen LogP contribution in [0.15, 0.2) is 48.5 Å². The van der Waals surface area contributed by atoms with Crippen LogP contribution in [0, 0.1) is 17.6 Å². The summed E-state index contributed by atoms with van der Waals surface area (Å²) < 4.78 is 26.9.